The van der Waals surface area contributed by atoms with Crippen LogP contribution in [0.25, 0.3) is 10.9 Å². The van der Waals surface area contributed by atoms with Crippen molar-refractivity contribution in [2.75, 3.05) is 37.4 Å². The Morgan fingerprint density at radius 1 is 1.19 bits per heavy atom. The molecule has 0 bridgehead atoms. The molecule has 0 unspecified atom stereocenters. The zero-order chi connectivity index (χ0) is 21.4. The predicted molar refractivity (Wildman–Crippen MR) is 120 cm³/mol. The fraction of sp³-hybridized carbons (Fsp3) is 0.455. The van der Waals surface area contributed by atoms with Crippen LogP contribution in [-0.4, -0.2) is 57.3 Å². The minimum atomic E-state index is -0.0706. The van der Waals surface area contributed by atoms with Crippen molar-refractivity contribution in [2.24, 2.45) is 7.05 Å². The first kappa shape index (κ1) is 19.9. The van der Waals surface area contributed by atoms with Crippen molar-refractivity contribution in [3.63, 3.8) is 0 Å². The van der Waals surface area contributed by atoms with Gasteiger partial charge in [-0.1, -0.05) is 0 Å². The topological polar surface area (TPSA) is 97.2 Å². The number of pyridine rings is 2. The van der Waals surface area contributed by atoms with Crippen LogP contribution >= 0.6 is 0 Å². The van der Waals surface area contributed by atoms with Crippen molar-refractivity contribution >= 4 is 28.4 Å². The Kier molecular flexibility index (Phi) is 5.29. The van der Waals surface area contributed by atoms with E-state index in [0.29, 0.717) is 17.7 Å². The molecule has 5 heterocycles. The summed E-state index contributed by atoms with van der Waals surface area (Å²) in [7, 11) is 3.92. The summed E-state index contributed by atoms with van der Waals surface area (Å²) < 4.78 is 7.19. The fourth-order valence-electron chi connectivity index (χ4n) is 4.34. The molecule has 3 aromatic rings. The van der Waals surface area contributed by atoms with Crippen molar-refractivity contribution in [2.45, 2.75) is 31.8 Å². The first-order valence-corrected chi connectivity index (χ1v) is 10.7. The van der Waals surface area contributed by atoms with Gasteiger partial charge in [0.25, 0.3) is 5.56 Å². The third-order valence-electron chi connectivity index (χ3n) is 6.11. The fourth-order valence-corrected chi connectivity index (χ4v) is 4.34. The van der Waals surface area contributed by atoms with Crippen LogP contribution in [0.5, 0.6) is 0 Å². The number of anilines is 3. The second kappa shape index (κ2) is 8.24. The first-order valence-electron chi connectivity index (χ1n) is 10.7. The molecule has 1 saturated heterocycles. The SMILES string of the molecule is CN1CCc2c(cc(Nc3ncc4ccnc(NC5CCOCC5)c4n3)c(=O)n2C)C1. The zero-order valence-electron chi connectivity index (χ0n) is 17.9. The number of rotatable bonds is 4. The molecule has 0 radical (unpaired) electrons. The van der Waals surface area contributed by atoms with Gasteiger partial charge in [0.1, 0.15) is 11.2 Å². The molecule has 0 aromatic carbocycles. The van der Waals surface area contributed by atoms with Crippen LogP contribution in [0.2, 0.25) is 0 Å². The number of nitrogens with one attached hydrogen (secondary N) is 2. The van der Waals surface area contributed by atoms with Crippen LogP contribution < -0.4 is 16.2 Å². The summed E-state index contributed by atoms with van der Waals surface area (Å²) in [6, 6.07) is 4.14. The second-order valence-electron chi connectivity index (χ2n) is 8.33. The Balaban J connectivity index is 1.47. The summed E-state index contributed by atoms with van der Waals surface area (Å²) in [5.41, 5.74) is 3.40. The highest BCUT2D eigenvalue weighted by Crippen LogP contribution is 2.24. The summed E-state index contributed by atoms with van der Waals surface area (Å²) in [5.74, 6) is 1.12. The molecule has 1 fully saturated rings. The number of fused-ring (bicyclic) bond motifs is 2. The molecule has 2 aliphatic heterocycles. The maximum absolute atomic E-state index is 12.9. The largest absolute Gasteiger partial charge is 0.381 e. The number of ether oxygens (including phenoxy) is 1. The van der Waals surface area contributed by atoms with E-state index in [9.17, 15) is 4.79 Å². The Morgan fingerprint density at radius 3 is 2.87 bits per heavy atom. The lowest BCUT2D eigenvalue weighted by molar-refractivity contribution is 0.0904. The number of nitrogens with zero attached hydrogens (tertiary/aromatic N) is 5. The van der Waals surface area contributed by atoms with E-state index in [1.165, 1.54) is 0 Å². The average Bonchev–Trinajstić information content (AvgIpc) is 2.78. The van der Waals surface area contributed by atoms with E-state index >= 15 is 0 Å². The van der Waals surface area contributed by atoms with Crippen molar-refractivity contribution in [3.8, 4) is 0 Å². The van der Waals surface area contributed by atoms with Gasteiger partial charge in [-0.2, -0.15) is 0 Å². The van der Waals surface area contributed by atoms with Gasteiger partial charge >= 0.3 is 0 Å². The summed E-state index contributed by atoms with van der Waals surface area (Å²) in [5, 5.41) is 7.55. The van der Waals surface area contributed by atoms with Gasteiger partial charge in [0.15, 0.2) is 5.82 Å². The van der Waals surface area contributed by atoms with Gasteiger partial charge in [0, 0.05) is 69.3 Å². The molecule has 5 rings (SSSR count). The smallest absolute Gasteiger partial charge is 0.274 e. The molecule has 0 aliphatic carbocycles. The molecular formula is C22H27N7O2. The van der Waals surface area contributed by atoms with Crippen LogP contribution in [0.4, 0.5) is 17.5 Å². The number of hydrogen-bond acceptors (Lipinski definition) is 8. The summed E-state index contributed by atoms with van der Waals surface area (Å²) in [6.07, 6.45) is 6.27. The van der Waals surface area contributed by atoms with Crippen molar-refractivity contribution in [3.05, 3.63) is 46.1 Å². The normalized spacial score (nSPS) is 17.5. The Bertz CT molecular complexity index is 1170. The summed E-state index contributed by atoms with van der Waals surface area (Å²) in [6.45, 7) is 3.28. The molecule has 3 aromatic heterocycles. The minimum Gasteiger partial charge on any atom is -0.381 e. The van der Waals surface area contributed by atoms with Crippen molar-refractivity contribution in [1.29, 1.82) is 0 Å². The van der Waals surface area contributed by atoms with Gasteiger partial charge in [0.05, 0.1) is 0 Å². The first-order chi connectivity index (χ1) is 15.1. The van der Waals surface area contributed by atoms with Gasteiger partial charge in [-0.25, -0.2) is 15.0 Å². The van der Waals surface area contributed by atoms with Crippen molar-refractivity contribution in [1.82, 2.24) is 24.4 Å². The quantitative estimate of drug-likeness (QED) is 0.661. The maximum atomic E-state index is 12.9. The number of likely N-dealkylation sites (N-methyl/N-ethyl adjacent to an activating group) is 1. The van der Waals surface area contributed by atoms with E-state index < -0.39 is 0 Å². The highest BCUT2D eigenvalue weighted by Gasteiger charge is 2.20. The lowest BCUT2D eigenvalue weighted by Crippen LogP contribution is -2.33. The van der Waals surface area contributed by atoms with Crippen LogP contribution in [0.15, 0.2) is 29.3 Å². The lowest BCUT2D eigenvalue weighted by atomic mass is 10.1. The molecule has 9 nitrogen and oxygen atoms in total. The van der Waals surface area contributed by atoms with Crippen LogP contribution in [0, 0.1) is 0 Å². The van der Waals surface area contributed by atoms with E-state index in [4.69, 9.17) is 9.72 Å². The lowest BCUT2D eigenvalue weighted by Gasteiger charge is -2.27. The Hall–Kier alpha value is -3.04. The van der Waals surface area contributed by atoms with Crippen LogP contribution in [-0.2, 0) is 24.8 Å². The Morgan fingerprint density at radius 2 is 2.03 bits per heavy atom. The molecule has 0 saturated carbocycles. The van der Waals surface area contributed by atoms with Gasteiger partial charge in [0.2, 0.25) is 5.95 Å². The second-order valence-corrected chi connectivity index (χ2v) is 8.33. The van der Waals surface area contributed by atoms with Crippen molar-refractivity contribution < 1.29 is 4.74 Å². The van der Waals surface area contributed by atoms with E-state index in [1.54, 1.807) is 17.0 Å². The Labute approximate surface area is 180 Å². The molecule has 0 spiro atoms. The maximum Gasteiger partial charge on any atom is 0.274 e. The standard InChI is InChI=1S/C22H27N7O2/c1-28-8-4-18-15(13-28)11-17(21(30)29(18)2)26-22-24-12-14-3-7-23-20(19(14)27-22)25-16-5-9-31-10-6-16/h3,7,11-12,16H,4-6,8-10,13H2,1-2H3,(H,23,25)(H,24,26,27). The van der Waals surface area contributed by atoms with E-state index in [2.05, 4.69) is 32.5 Å². The van der Waals surface area contributed by atoms with Gasteiger partial charge in [-0.3, -0.25) is 4.79 Å². The number of hydrogen-bond donors (Lipinski definition) is 2. The molecule has 31 heavy (non-hydrogen) atoms. The molecule has 2 aliphatic rings. The molecule has 162 valence electrons. The number of aromatic nitrogens is 4. The van der Waals surface area contributed by atoms with E-state index in [1.807, 2.05) is 19.2 Å². The monoisotopic (exact) mass is 421 g/mol. The van der Waals surface area contributed by atoms with Crippen LogP contribution in [0.1, 0.15) is 24.1 Å². The molecule has 0 amide bonds. The van der Waals surface area contributed by atoms with Gasteiger partial charge in [-0.05, 0) is 37.6 Å². The third kappa shape index (κ3) is 3.98. The highest BCUT2D eigenvalue weighted by atomic mass is 16.5. The molecule has 2 N–H and O–H groups in total. The van der Waals surface area contributed by atoms with Gasteiger partial charge in [-0.15, -0.1) is 0 Å². The predicted octanol–water partition coefficient (Wildman–Crippen LogP) is 2.05. The van der Waals surface area contributed by atoms with Crippen LogP contribution in [0.3, 0.4) is 0 Å². The minimum absolute atomic E-state index is 0.0706. The summed E-state index contributed by atoms with van der Waals surface area (Å²) in [4.78, 5) is 28.8. The highest BCUT2D eigenvalue weighted by molar-refractivity contribution is 5.88. The average molecular weight is 422 g/mol. The van der Waals surface area contributed by atoms with E-state index in [0.717, 1.165) is 73.5 Å². The van der Waals surface area contributed by atoms with Gasteiger partial charge < -0.3 is 24.8 Å². The molecule has 0 atom stereocenters. The molecule has 9 heteroatoms. The van der Waals surface area contributed by atoms with E-state index in [-0.39, 0.29) is 5.56 Å². The zero-order valence-corrected chi connectivity index (χ0v) is 17.9. The third-order valence-corrected chi connectivity index (χ3v) is 6.11. The summed E-state index contributed by atoms with van der Waals surface area (Å²) >= 11 is 0. The molecular weight excluding hydrogens is 394 g/mol.